The first-order valence-electron chi connectivity index (χ1n) is 9.00. The highest BCUT2D eigenvalue weighted by Gasteiger charge is 2.13. The number of carbonyl (C=O) groups excluding carboxylic acids is 1. The first-order chi connectivity index (χ1) is 13.9. The van der Waals surface area contributed by atoms with Crippen LogP contribution in [0, 0.1) is 19.7 Å². The van der Waals surface area contributed by atoms with Crippen molar-refractivity contribution >= 4 is 17.1 Å². The molecule has 1 N–H and O–H groups in total. The summed E-state index contributed by atoms with van der Waals surface area (Å²) in [7, 11) is 0. The van der Waals surface area contributed by atoms with Crippen molar-refractivity contribution in [1.29, 1.82) is 0 Å². The molecule has 0 aliphatic rings. The van der Waals surface area contributed by atoms with Gasteiger partial charge >= 0.3 is 0 Å². The highest BCUT2D eigenvalue weighted by Crippen LogP contribution is 2.19. The van der Waals surface area contributed by atoms with Gasteiger partial charge in [-0.1, -0.05) is 12.1 Å². The number of fused-ring (bicyclic) bond motifs is 1. The molecule has 2 heterocycles. The maximum absolute atomic E-state index is 13.1. The quantitative estimate of drug-likeness (QED) is 0.580. The number of hydrogen-bond acceptors (Lipinski definition) is 4. The van der Waals surface area contributed by atoms with Crippen LogP contribution in [0.5, 0.6) is 0 Å². The lowest BCUT2D eigenvalue weighted by Gasteiger charge is -2.10. The van der Waals surface area contributed by atoms with Gasteiger partial charge in [-0.3, -0.25) is 9.59 Å². The lowest BCUT2D eigenvalue weighted by molar-refractivity contribution is -0.117. The van der Waals surface area contributed by atoms with E-state index in [0.29, 0.717) is 16.9 Å². The number of aryl methyl sites for hydroxylation is 1. The average Bonchev–Trinajstić information content (AvgIpc) is 3.13. The lowest BCUT2D eigenvalue weighted by Crippen LogP contribution is -2.30. The molecule has 2 aromatic carbocycles. The van der Waals surface area contributed by atoms with Crippen LogP contribution in [0.15, 0.2) is 59.7 Å². The fraction of sp³-hybridized carbons (Fsp3) is 0.143. The maximum atomic E-state index is 13.1. The average molecular weight is 391 g/mol. The zero-order valence-electron chi connectivity index (χ0n) is 15.9. The van der Waals surface area contributed by atoms with Crippen LogP contribution in [-0.2, 0) is 11.3 Å². The minimum atomic E-state index is -0.440. The molecule has 0 aliphatic heterocycles. The van der Waals surface area contributed by atoms with Gasteiger partial charge in [0.2, 0.25) is 5.91 Å². The normalized spacial score (nSPS) is 11.0. The monoisotopic (exact) mass is 391 g/mol. The van der Waals surface area contributed by atoms with Gasteiger partial charge in [0.25, 0.3) is 5.56 Å². The fourth-order valence-electron chi connectivity index (χ4n) is 3.02. The largest absolute Gasteiger partial charge is 0.324 e. The molecule has 29 heavy (non-hydrogen) atoms. The Morgan fingerprint density at radius 3 is 2.66 bits per heavy atom. The van der Waals surface area contributed by atoms with Crippen LogP contribution in [-0.4, -0.2) is 25.3 Å². The topological polar surface area (TPSA) is 81.3 Å². The van der Waals surface area contributed by atoms with Crippen molar-refractivity contribution in [2.75, 3.05) is 5.32 Å². The Hall–Kier alpha value is -3.81. The second-order valence-corrected chi connectivity index (χ2v) is 6.76. The molecular weight excluding hydrogens is 373 g/mol. The van der Waals surface area contributed by atoms with Gasteiger partial charge in [0.05, 0.1) is 5.69 Å². The number of hydrogen-bond donors (Lipinski definition) is 1. The van der Waals surface area contributed by atoms with Crippen LogP contribution in [0.25, 0.3) is 16.8 Å². The minimum Gasteiger partial charge on any atom is -0.324 e. The van der Waals surface area contributed by atoms with Gasteiger partial charge in [-0.2, -0.15) is 10.2 Å². The summed E-state index contributed by atoms with van der Waals surface area (Å²) in [6.07, 6.45) is 1.37. The van der Waals surface area contributed by atoms with Gasteiger partial charge in [-0.05, 0) is 61.4 Å². The highest BCUT2D eigenvalue weighted by atomic mass is 19.1. The molecule has 0 spiro atoms. The molecule has 0 saturated heterocycles. The number of rotatable bonds is 4. The summed E-state index contributed by atoms with van der Waals surface area (Å²) < 4.78 is 15.6. The number of nitrogens with one attached hydrogen (secondary N) is 1. The number of carbonyl (C=O) groups is 1. The molecule has 0 atom stereocenters. The van der Waals surface area contributed by atoms with E-state index in [0.717, 1.165) is 15.8 Å². The molecule has 2 aromatic heterocycles. The predicted octanol–water partition coefficient (Wildman–Crippen LogP) is 2.95. The third-order valence-corrected chi connectivity index (χ3v) is 4.80. The first-order valence-corrected chi connectivity index (χ1v) is 9.00. The van der Waals surface area contributed by atoms with Crippen molar-refractivity contribution in [1.82, 2.24) is 19.4 Å². The van der Waals surface area contributed by atoms with Crippen LogP contribution in [0.4, 0.5) is 10.1 Å². The maximum Gasteiger partial charge on any atom is 0.293 e. The van der Waals surface area contributed by atoms with E-state index in [2.05, 4.69) is 15.5 Å². The number of benzene rings is 2. The lowest BCUT2D eigenvalue weighted by atomic mass is 10.1. The van der Waals surface area contributed by atoms with Gasteiger partial charge < -0.3 is 5.32 Å². The van der Waals surface area contributed by atoms with Crippen LogP contribution >= 0.6 is 0 Å². The van der Waals surface area contributed by atoms with Gasteiger partial charge in [0.15, 0.2) is 0 Å². The van der Waals surface area contributed by atoms with Gasteiger partial charge in [-0.25, -0.2) is 13.6 Å². The van der Waals surface area contributed by atoms with Crippen molar-refractivity contribution in [3.63, 3.8) is 0 Å². The van der Waals surface area contributed by atoms with E-state index < -0.39 is 5.56 Å². The standard InChI is InChI=1S/C21H18FN5O2/c1-13-4-3-5-17(14(13)2)24-20(28)11-26-21(29)19-10-18(25-27(19)12-23-26)15-6-8-16(22)9-7-15/h3-10,12H,11H2,1-2H3,(H,24,28). The summed E-state index contributed by atoms with van der Waals surface area (Å²) in [5, 5.41) is 11.1. The molecule has 0 aliphatic carbocycles. The summed E-state index contributed by atoms with van der Waals surface area (Å²) in [5.74, 6) is -0.702. The molecule has 4 aromatic rings. The van der Waals surface area contributed by atoms with Crippen molar-refractivity contribution in [3.05, 3.63) is 82.2 Å². The Morgan fingerprint density at radius 1 is 1.14 bits per heavy atom. The highest BCUT2D eigenvalue weighted by molar-refractivity contribution is 5.91. The molecule has 0 fully saturated rings. The first kappa shape index (κ1) is 18.5. The van der Waals surface area contributed by atoms with Gasteiger partial charge in [0, 0.05) is 11.3 Å². The Balaban J connectivity index is 1.60. The molecule has 0 saturated carbocycles. The molecule has 1 amide bonds. The van der Waals surface area contributed by atoms with Crippen molar-refractivity contribution in [2.45, 2.75) is 20.4 Å². The van der Waals surface area contributed by atoms with Gasteiger partial charge in [-0.15, -0.1) is 0 Å². The van der Waals surface area contributed by atoms with E-state index in [1.54, 1.807) is 18.2 Å². The number of anilines is 1. The summed E-state index contributed by atoms with van der Waals surface area (Å²) in [5.41, 5.74) is 3.76. The van der Waals surface area contributed by atoms with E-state index in [9.17, 15) is 14.0 Å². The Kier molecular flexibility index (Phi) is 4.67. The molecule has 0 bridgehead atoms. The second kappa shape index (κ2) is 7.31. The van der Waals surface area contributed by atoms with Crippen LogP contribution in [0.3, 0.4) is 0 Å². The summed E-state index contributed by atoms with van der Waals surface area (Å²) in [6, 6.07) is 13.0. The fourth-order valence-corrected chi connectivity index (χ4v) is 3.02. The van der Waals surface area contributed by atoms with E-state index in [1.807, 2.05) is 32.0 Å². The third-order valence-electron chi connectivity index (χ3n) is 4.80. The van der Waals surface area contributed by atoms with Crippen molar-refractivity contribution in [2.24, 2.45) is 0 Å². The molecule has 0 radical (unpaired) electrons. The number of nitrogens with zero attached hydrogens (tertiary/aromatic N) is 4. The zero-order valence-corrected chi connectivity index (χ0v) is 15.9. The van der Waals surface area contributed by atoms with Crippen LogP contribution in [0.2, 0.25) is 0 Å². The predicted molar refractivity (Wildman–Crippen MR) is 107 cm³/mol. The Labute approximate surface area is 165 Å². The second-order valence-electron chi connectivity index (χ2n) is 6.76. The van der Waals surface area contributed by atoms with Crippen molar-refractivity contribution < 1.29 is 9.18 Å². The summed E-state index contributed by atoms with van der Waals surface area (Å²) in [4.78, 5) is 25.2. The summed E-state index contributed by atoms with van der Waals surface area (Å²) >= 11 is 0. The van der Waals surface area contributed by atoms with Crippen LogP contribution in [0.1, 0.15) is 11.1 Å². The number of amides is 1. The number of halogens is 1. The zero-order chi connectivity index (χ0) is 20.5. The molecule has 146 valence electrons. The smallest absolute Gasteiger partial charge is 0.293 e. The summed E-state index contributed by atoms with van der Waals surface area (Å²) in [6.45, 7) is 3.66. The minimum absolute atomic E-state index is 0.222. The molecule has 4 rings (SSSR count). The van der Waals surface area contributed by atoms with E-state index >= 15 is 0 Å². The third kappa shape index (κ3) is 3.64. The van der Waals surface area contributed by atoms with Crippen LogP contribution < -0.4 is 10.9 Å². The molecule has 8 heteroatoms. The SMILES string of the molecule is Cc1cccc(NC(=O)Cn2ncn3nc(-c4ccc(F)cc4)cc3c2=O)c1C. The van der Waals surface area contributed by atoms with E-state index in [1.165, 1.54) is 23.0 Å². The molecule has 7 nitrogen and oxygen atoms in total. The molecule has 0 unspecified atom stereocenters. The number of aromatic nitrogens is 4. The van der Waals surface area contributed by atoms with E-state index in [-0.39, 0.29) is 23.8 Å². The van der Waals surface area contributed by atoms with Crippen molar-refractivity contribution in [3.8, 4) is 11.3 Å². The Bertz CT molecular complexity index is 1270. The Morgan fingerprint density at radius 2 is 1.90 bits per heavy atom. The van der Waals surface area contributed by atoms with E-state index in [4.69, 9.17) is 0 Å². The van der Waals surface area contributed by atoms with Gasteiger partial charge in [0.1, 0.15) is 24.2 Å². The molecular formula is C21H18FN5O2.